The van der Waals surface area contributed by atoms with Gasteiger partial charge in [0.25, 0.3) is 0 Å². The minimum atomic E-state index is -0.786. The number of aromatic nitrogens is 1. The van der Waals surface area contributed by atoms with E-state index in [0.29, 0.717) is 10.7 Å². The number of anilines is 1. The number of carbonyl (C=O) groups excluding carboxylic acids is 2. The molecule has 0 unspecified atom stereocenters. The standard InChI is InChI=1S/C16H12FN3O2S/c17-11-7-5-10(6-8-11)9-18-14(21)15(22)20-16-19-12-3-1-2-4-13(12)23-16/h1-8H,9H2,(H,18,21)(H,19,20,22). The maximum absolute atomic E-state index is 12.8. The molecule has 2 amide bonds. The molecule has 7 heteroatoms. The molecule has 3 rings (SSSR count). The zero-order valence-corrected chi connectivity index (χ0v) is 12.7. The van der Waals surface area contributed by atoms with Gasteiger partial charge in [0, 0.05) is 6.54 Å². The highest BCUT2D eigenvalue weighted by Crippen LogP contribution is 2.25. The fourth-order valence-corrected chi connectivity index (χ4v) is 2.81. The highest BCUT2D eigenvalue weighted by molar-refractivity contribution is 7.22. The Bertz CT molecular complexity index is 828. The van der Waals surface area contributed by atoms with Crippen LogP contribution in [0.2, 0.25) is 0 Å². The van der Waals surface area contributed by atoms with Gasteiger partial charge in [0.1, 0.15) is 5.82 Å². The monoisotopic (exact) mass is 329 g/mol. The van der Waals surface area contributed by atoms with Crippen LogP contribution in [0.3, 0.4) is 0 Å². The molecular formula is C16H12FN3O2S. The molecular weight excluding hydrogens is 317 g/mol. The first-order chi connectivity index (χ1) is 11.1. The fourth-order valence-electron chi connectivity index (χ4n) is 1.94. The van der Waals surface area contributed by atoms with Gasteiger partial charge < -0.3 is 5.32 Å². The summed E-state index contributed by atoms with van der Waals surface area (Å²) in [5, 5.41) is 5.32. The van der Waals surface area contributed by atoms with Crippen molar-refractivity contribution < 1.29 is 14.0 Å². The van der Waals surface area contributed by atoms with Crippen LogP contribution in [0.15, 0.2) is 48.5 Å². The minimum absolute atomic E-state index is 0.145. The summed E-state index contributed by atoms with van der Waals surface area (Å²) in [5.74, 6) is -1.91. The molecule has 0 aliphatic carbocycles. The second-order valence-electron chi connectivity index (χ2n) is 4.75. The third kappa shape index (κ3) is 3.70. The lowest BCUT2D eigenvalue weighted by Crippen LogP contribution is -2.34. The van der Waals surface area contributed by atoms with Crippen LogP contribution in [-0.2, 0) is 16.1 Å². The molecule has 0 fully saturated rings. The number of thiazole rings is 1. The van der Waals surface area contributed by atoms with E-state index in [4.69, 9.17) is 0 Å². The summed E-state index contributed by atoms with van der Waals surface area (Å²) in [5.41, 5.74) is 1.46. The van der Waals surface area contributed by atoms with Crippen molar-refractivity contribution in [2.24, 2.45) is 0 Å². The lowest BCUT2D eigenvalue weighted by Gasteiger charge is -2.04. The molecule has 116 valence electrons. The van der Waals surface area contributed by atoms with E-state index in [-0.39, 0.29) is 12.4 Å². The second kappa shape index (κ2) is 6.53. The normalized spacial score (nSPS) is 10.5. The van der Waals surface area contributed by atoms with Crippen molar-refractivity contribution in [2.45, 2.75) is 6.54 Å². The molecule has 0 bridgehead atoms. The Labute approximate surface area is 135 Å². The molecule has 0 aliphatic rings. The van der Waals surface area contributed by atoms with Crippen molar-refractivity contribution >= 4 is 38.5 Å². The van der Waals surface area contributed by atoms with Gasteiger partial charge >= 0.3 is 11.8 Å². The van der Waals surface area contributed by atoms with E-state index in [0.717, 1.165) is 10.2 Å². The number of hydrogen-bond donors (Lipinski definition) is 2. The number of nitrogens with one attached hydrogen (secondary N) is 2. The van der Waals surface area contributed by atoms with E-state index in [1.165, 1.54) is 23.5 Å². The van der Waals surface area contributed by atoms with Crippen LogP contribution in [0.25, 0.3) is 10.2 Å². The molecule has 2 aromatic carbocycles. The number of para-hydroxylation sites is 1. The average molecular weight is 329 g/mol. The summed E-state index contributed by atoms with van der Waals surface area (Å²) >= 11 is 1.29. The zero-order valence-electron chi connectivity index (χ0n) is 11.9. The molecule has 0 atom stereocenters. The van der Waals surface area contributed by atoms with Gasteiger partial charge in [0.2, 0.25) is 0 Å². The second-order valence-corrected chi connectivity index (χ2v) is 5.78. The van der Waals surface area contributed by atoms with Crippen molar-refractivity contribution in [3.8, 4) is 0 Å². The first kappa shape index (κ1) is 15.1. The van der Waals surface area contributed by atoms with Crippen molar-refractivity contribution in [1.82, 2.24) is 10.3 Å². The molecule has 0 saturated heterocycles. The Kier molecular flexibility index (Phi) is 4.29. The first-order valence-corrected chi connectivity index (χ1v) is 7.63. The van der Waals surface area contributed by atoms with E-state index in [1.807, 2.05) is 24.3 Å². The lowest BCUT2D eigenvalue weighted by molar-refractivity contribution is -0.136. The number of halogens is 1. The van der Waals surface area contributed by atoms with Crippen LogP contribution >= 0.6 is 11.3 Å². The SMILES string of the molecule is O=C(NCc1ccc(F)cc1)C(=O)Nc1nc2ccccc2s1. The van der Waals surface area contributed by atoms with E-state index in [1.54, 1.807) is 12.1 Å². The lowest BCUT2D eigenvalue weighted by atomic mass is 10.2. The number of nitrogens with zero attached hydrogens (tertiary/aromatic N) is 1. The summed E-state index contributed by atoms with van der Waals surface area (Å²) in [6.07, 6.45) is 0. The van der Waals surface area contributed by atoms with Crippen LogP contribution in [-0.4, -0.2) is 16.8 Å². The average Bonchev–Trinajstić information content (AvgIpc) is 2.96. The molecule has 2 N–H and O–H groups in total. The summed E-state index contributed by atoms with van der Waals surface area (Å²) in [7, 11) is 0. The molecule has 1 heterocycles. The number of hydrogen-bond acceptors (Lipinski definition) is 4. The third-order valence-corrected chi connectivity index (χ3v) is 4.04. The van der Waals surface area contributed by atoms with Crippen molar-refractivity contribution in [3.63, 3.8) is 0 Å². The fraction of sp³-hybridized carbons (Fsp3) is 0.0625. The topological polar surface area (TPSA) is 71.1 Å². The van der Waals surface area contributed by atoms with Crippen LogP contribution in [0.1, 0.15) is 5.56 Å². The van der Waals surface area contributed by atoms with Gasteiger partial charge in [0.05, 0.1) is 10.2 Å². The van der Waals surface area contributed by atoms with Crippen molar-refractivity contribution in [1.29, 1.82) is 0 Å². The molecule has 23 heavy (non-hydrogen) atoms. The Morgan fingerprint density at radius 3 is 2.52 bits per heavy atom. The molecule has 0 radical (unpaired) electrons. The Hall–Kier alpha value is -2.80. The van der Waals surface area contributed by atoms with Crippen LogP contribution in [0.4, 0.5) is 9.52 Å². The van der Waals surface area contributed by atoms with Gasteiger partial charge in [-0.05, 0) is 29.8 Å². The van der Waals surface area contributed by atoms with Gasteiger partial charge in [-0.25, -0.2) is 9.37 Å². The van der Waals surface area contributed by atoms with Crippen LogP contribution in [0.5, 0.6) is 0 Å². The summed E-state index contributed by atoms with van der Waals surface area (Å²) in [4.78, 5) is 27.9. The number of fused-ring (bicyclic) bond motifs is 1. The maximum Gasteiger partial charge on any atom is 0.315 e. The molecule has 0 spiro atoms. The van der Waals surface area contributed by atoms with Crippen molar-refractivity contribution in [2.75, 3.05) is 5.32 Å². The number of carbonyl (C=O) groups is 2. The predicted molar refractivity (Wildman–Crippen MR) is 86.5 cm³/mol. The molecule has 3 aromatic rings. The third-order valence-electron chi connectivity index (χ3n) is 3.09. The summed E-state index contributed by atoms with van der Waals surface area (Å²) < 4.78 is 13.7. The number of amides is 2. The van der Waals surface area contributed by atoms with E-state index in [9.17, 15) is 14.0 Å². The molecule has 0 aliphatic heterocycles. The van der Waals surface area contributed by atoms with Crippen LogP contribution in [0, 0.1) is 5.82 Å². The Balaban J connectivity index is 1.58. The maximum atomic E-state index is 12.8. The molecule has 1 aromatic heterocycles. The quantitative estimate of drug-likeness (QED) is 0.726. The van der Waals surface area contributed by atoms with Gasteiger partial charge in [-0.3, -0.25) is 14.9 Å². The highest BCUT2D eigenvalue weighted by Gasteiger charge is 2.15. The molecule has 5 nitrogen and oxygen atoms in total. The first-order valence-electron chi connectivity index (χ1n) is 6.81. The van der Waals surface area contributed by atoms with Gasteiger partial charge in [-0.15, -0.1) is 0 Å². The Morgan fingerprint density at radius 2 is 1.78 bits per heavy atom. The van der Waals surface area contributed by atoms with E-state index < -0.39 is 11.8 Å². The minimum Gasteiger partial charge on any atom is -0.344 e. The van der Waals surface area contributed by atoms with Gasteiger partial charge in [0.15, 0.2) is 5.13 Å². The zero-order chi connectivity index (χ0) is 16.2. The number of rotatable bonds is 3. The highest BCUT2D eigenvalue weighted by atomic mass is 32.1. The number of benzene rings is 2. The van der Waals surface area contributed by atoms with E-state index in [2.05, 4.69) is 15.6 Å². The van der Waals surface area contributed by atoms with Crippen LogP contribution < -0.4 is 10.6 Å². The van der Waals surface area contributed by atoms with Gasteiger partial charge in [-0.2, -0.15) is 0 Å². The van der Waals surface area contributed by atoms with E-state index >= 15 is 0 Å². The summed E-state index contributed by atoms with van der Waals surface area (Å²) in [6.45, 7) is 0.145. The predicted octanol–water partition coefficient (Wildman–Crippen LogP) is 2.69. The smallest absolute Gasteiger partial charge is 0.315 e. The van der Waals surface area contributed by atoms with Gasteiger partial charge in [-0.1, -0.05) is 35.6 Å². The largest absolute Gasteiger partial charge is 0.344 e. The summed E-state index contributed by atoms with van der Waals surface area (Å²) in [6, 6.07) is 13.1. The van der Waals surface area contributed by atoms with Crippen molar-refractivity contribution in [3.05, 3.63) is 59.9 Å². The molecule has 0 saturated carbocycles. The Morgan fingerprint density at radius 1 is 1.04 bits per heavy atom.